The minimum atomic E-state index is -0.612. The summed E-state index contributed by atoms with van der Waals surface area (Å²) in [4.78, 5) is 12.7. The van der Waals surface area contributed by atoms with Gasteiger partial charge in [0.15, 0.2) is 0 Å². The van der Waals surface area contributed by atoms with E-state index in [-0.39, 0.29) is 6.61 Å². The van der Waals surface area contributed by atoms with Gasteiger partial charge in [-0.15, -0.1) is 0 Å². The molecule has 0 radical (unpaired) electrons. The summed E-state index contributed by atoms with van der Waals surface area (Å²) in [7, 11) is 3.12. The first-order chi connectivity index (χ1) is 12.6. The number of fused-ring (bicyclic) bond motifs is 1. The molecule has 1 atom stereocenters. The molecule has 1 aliphatic rings. The fraction of sp³-hybridized carbons (Fsp3) is 0.294. The summed E-state index contributed by atoms with van der Waals surface area (Å²) in [5.74, 6) is 1.11. The molecule has 0 amide bonds. The standard InChI is InChI=1S/C17H19N5O4/c1-5-8-26-16(23)14-10(2)18-17-19-20-21-22(17)15(14)12-7-6-11(24-3)9-13(12)25-4/h5-7,9,15H,1,8H2,2-4H3,(H,18,19,21)/t15-/m1/s1. The smallest absolute Gasteiger partial charge is 0.338 e. The number of tetrazole rings is 1. The Kier molecular flexibility index (Phi) is 4.87. The Labute approximate surface area is 150 Å². The normalized spacial score (nSPS) is 15.7. The predicted octanol–water partition coefficient (Wildman–Crippen LogP) is 1.71. The molecule has 136 valence electrons. The van der Waals surface area contributed by atoms with Crippen molar-refractivity contribution in [3.8, 4) is 11.5 Å². The summed E-state index contributed by atoms with van der Waals surface area (Å²) in [5.41, 5.74) is 1.69. The average molecular weight is 357 g/mol. The Morgan fingerprint density at radius 2 is 2.19 bits per heavy atom. The van der Waals surface area contributed by atoms with Crippen LogP contribution in [0.25, 0.3) is 0 Å². The lowest BCUT2D eigenvalue weighted by Crippen LogP contribution is -2.30. The van der Waals surface area contributed by atoms with Crippen molar-refractivity contribution in [2.75, 3.05) is 26.1 Å². The molecule has 9 nitrogen and oxygen atoms in total. The van der Waals surface area contributed by atoms with Gasteiger partial charge in [0, 0.05) is 17.3 Å². The van der Waals surface area contributed by atoms with Gasteiger partial charge in [-0.25, -0.2) is 4.79 Å². The van der Waals surface area contributed by atoms with Gasteiger partial charge in [-0.05, 0) is 29.5 Å². The Morgan fingerprint density at radius 1 is 1.38 bits per heavy atom. The van der Waals surface area contributed by atoms with Crippen LogP contribution in [-0.4, -0.2) is 47.0 Å². The Balaban J connectivity index is 2.15. The number of aromatic nitrogens is 4. The number of ether oxygens (including phenoxy) is 3. The van der Waals surface area contributed by atoms with Gasteiger partial charge in [-0.1, -0.05) is 17.8 Å². The molecule has 2 aromatic rings. The molecule has 0 fully saturated rings. The number of carbonyl (C=O) groups is 1. The van der Waals surface area contributed by atoms with E-state index in [1.165, 1.54) is 10.8 Å². The highest BCUT2D eigenvalue weighted by Gasteiger charge is 2.36. The van der Waals surface area contributed by atoms with Gasteiger partial charge < -0.3 is 19.5 Å². The van der Waals surface area contributed by atoms with Crippen molar-refractivity contribution in [3.63, 3.8) is 0 Å². The van der Waals surface area contributed by atoms with Crippen LogP contribution in [0.1, 0.15) is 18.5 Å². The van der Waals surface area contributed by atoms with E-state index in [0.29, 0.717) is 34.3 Å². The molecule has 26 heavy (non-hydrogen) atoms. The van der Waals surface area contributed by atoms with E-state index < -0.39 is 12.0 Å². The van der Waals surface area contributed by atoms with Crippen molar-refractivity contribution in [2.24, 2.45) is 0 Å². The number of nitrogens with one attached hydrogen (secondary N) is 1. The van der Waals surface area contributed by atoms with Crippen molar-refractivity contribution in [3.05, 3.63) is 47.7 Å². The summed E-state index contributed by atoms with van der Waals surface area (Å²) in [6, 6.07) is 4.72. The zero-order valence-corrected chi connectivity index (χ0v) is 14.7. The minimum Gasteiger partial charge on any atom is -0.497 e. The maximum atomic E-state index is 12.7. The van der Waals surface area contributed by atoms with Gasteiger partial charge in [0.05, 0.1) is 19.8 Å². The lowest BCUT2D eigenvalue weighted by Gasteiger charge is -2.28. The maximum absolute atomic E-state index is 12.7. The summed E-state index contributed by atoms with van der Waals surface area (Å²) in [6.45, 7) is 5.44. The molecular weight excluding hydrogens is 338 g/mol. The van der Waals surface area contributed by atoms with E-state index >= 15 is 0 Å². The minimum absolute atomic E-state index is 0.102. The molecule has 9 heteroatoms. The van der Waals surface area contributed by atoms with Crippen molar-refractivity contribution >= 4 is 11.9 Å². The molecule has 0 spiro atoms. The molecule has 0 unspecified atom stereocenters. The van der Waals surface area contributed by atoms with Crippen molar-refractivity contribution in [2.45, 2.75) is 13.0 Å². The quantitative estimate of drug-likeness (QED) is 0.616. The number of anilines is 1. The highest BCUT2D eigenvalue weighted by atomic mass is 16.5. The fourth-order valence-electron chi connectivity index (χ4n) is 2.82. The molecular formula is C17H19N5O4. The van der Waals surface area contributed by atoms with E-state index in [2.05, 4.69) is 27.4 Å². The van der Waals surface area contributed by atoms with Crippen molar-refractivity contribution < 1.29 is 19.0 Å². The molecule has 1 aliphatic heterocycles. The molecule has 0 aliphatic carbocycles. The largest absolute Gasteiger partial charge is 0.497 e. The van der Waals surface area contributed by atoms with Crippen LogP contribution in [0, 0.1) is 0 Å². The number of carbonyl (C=O) groups excluding carboxylic acids is 1. The molecule has 1 aromatic carbocycles. The number of hydrogen-bond acceptors (Lipinski definition) is 8. The van der Waals surface area contributed by atoms with Crippen LogP contribution in [0.5, 0.6) is 11.5 Å². The molecule has 0 saturated carbocycles. The number of nitrogens with zero attached hydrogens (tertiary/aromatic N) is 4. The second-order valence-corrected chi connectivity index (χ2v) is 5.51. The molecule has 0 saturated heterocycles. The highest BCUT2D eigenvalue weighted by molar-refractivity contribution is 5.92. The van der Waals surface area contributed by atoms with Crippen LogP contribution in [0.15, 0.2) is 42.1 Å². The van der Waals surface area contributed by atoms with Crippen LogP contribution >= 0.6 is 0 Å². The zero-order valence-electron chi connectivity index (χ0n) is 14.7. The SMILES string of the molecule is C=CCOC(=O)C1=C(C)Nc2nnnn2[C@@H]1c1ccc(OC)cc1OC. The number of methoxy groups -OCH3 is 2. The van der Waals surface area contributed by atoms with Crippen LogP contribution in [0.4, 0.5) is 5.95 Å². The van der Waals surface area contributed by atoms with E-state index in [0.717, 1.165) is 0 Å². The van der Waals surface area contributed by atoms with Crippen molar-refractivity contribution in [1.29, 1.82) is 0 Å². The first-order valence-corrected chi connectivity index (χ1v) is 7.86. The van der Waals surface area contributed by atoms with Crippen molar-refractivity contribution in [1.82, 2.24) is 20.2 Å². The fourth-order valence-corrected chi connectivity index (χ4v) is 2.82. The second-order valence-electron chi connectivity index (χ2n) is 5.51. The van der Waals surface area contributed by atoms with Gasteiger partial charge in [0.1, 0.15) is 24.1 Å². The van der Waals surface area contributed by atoms with Gasteiger partial charge >= 0.3 is 5.97 Å². The summed E-state index contributed by atoms with van der Waals surface area (Å²) < 4.78 is 17.5. The number of rotatable bonds is 6. The first kappa shape index (κ1) is 17.5. The molecule has 1 N–H and O–H groups in total. The lowest BCUT2D eigenvalue weighted by molar-refractivity contribution is -0.138. The molecule has 3 rings (SSSR count). The second kappa shape index (κ2) is 7.26. The Bertz CT molecular complexity index is 874. The Hall–Kier alpha value is -3.36. The van der Waals surface area contributed by atoms with Gasteiger partial charge in [0.25, 0.3) is 0 Å². The third-order valence-electron chi connectivity index (χ3n) is 4.00. The van der Waals surface area contributed by atoms with E-state index in [1.54, 1.807) is 33.3 Å². The predicted molar refractivity (Wildman–Crippen MR) is 93.0 cm³/mol. The van der Waals surface area contributed by atoms with Crippen LogP contribution in [0.2, 0.25) is 0 Å². The number of hydrogen-bond donors (Lipinski definition) is 1. The number of esters is 1. The summed E-state index contributed by atoms with van der Waals surface area (Å²) in [6.07, 6.45) is 1.51. The van der Waals surface area contributed by atoms with Crippen LogP contribution < -0.4 is 14.8 Å². The lowest BCUT2D eigenvalue weighted by atomic mass is 9.95. The Morgan fingerprint density at radius 3 is 2.88 bits per heavy atom. The van der Waals surface area contributed by atoms with Gasteiger partial charge in [0.2, 0.25) is 5.95 Å². The third-order valence-corrected chi connectivity index (χ3v) is 4.00. The molecule has 0 bridgehead atoms. The average Bonchev–Trinajstić information content (AvgIpc) is 3.12. The van der Waals surface area contributed by atoms with Gasteiger partial charge in [-0.2, -0.15) is 4.68 Å². The van der Waals surface area contributed by atoms with Crippen LogP contribution in [0.3, 0.4) is 0 Å². The van der Waals surface area contributed by atoms with E-state index in [9.17, 15) is 4.79 Å². The summed E-state index contributed by atoms with van der Waals surface area (Å²) in [5, 5.41) is 14.7. The first-order valence-electron chi connectivity index (χ1n) is 7.86. The maximum Gasteiger partial charge on any atom is 0.338 e. The highest BCUT2D eigenvalue weighted by Crippen LogP contribution is 2.40. The monoisotopic (exact) mass is 357 g/mol. The zero-order chi connectivity index (χ0) is 18.7. The number of benzene rings is 1. The topological polar surface area (TPSA) is 100 Å². The number of allylic oxidation sites excluding steroid dienone is 1. The van der Waals surface area contributed by atoms with E-state index in [4.69, 9.17) is 14.2 Å². The van der Waals surface area contributed by atoms with E-state index in [1.807, 2.05) is 6.07 Å². The van der Waals surface area contributed by atoms with Crippen LogP contribution in [-0.2, 0) is 9.53 Å². The molecule has 2 heterocycles. The van der Waals surface area contributed by atoms with Gasteiger partial charge in [-0.3, -0.25) is 0 Å². The third kappa shape index (κ3) is 2.99. The summed E-state index contributed by atoms with van der Waals surface area (Å²) >= 11 is 0. The molecule has 1 aromatic heterocycles.